The molecule has 0 spiro atoms. The van der Waals surface area contributed by atoms with Gasteiger partial charge in [-0.1, -0.05) is 0 Å². The number of anilines is 1. The van der Waals surface area contributed by atoms with Crippen molar-refractivity contribution >= 4 is 32.4 Å². The normalized spacial score (nSPS) is 16.5. The summed E-state index contributed by atoms with van der Waals surface area (Å²) in [5.74, 6) is 0.273. The van der Waals surface area contributed by atoms with Crippen molar-refractivity contribution in [1.29, 1.82) is 0 Å². The Balaban J connectivity index is 1.46. The molecule has 134 valence electrons. The van der Waals surface area contributed by atoms with E-state index in [1.807, 2.05) is 17.5 Å². The summed E-state index contributed by atoms with van der Waals surface area (Å²) in [7, 11) is -3.48. The third kappa shape index (κ3) is 4.56. The molecule has 2 aromatic rings. The zero-order valence-corrected chi connectivity index (χ0v) is 15.2. The van der Waals surface area contributed by atoms with Crippen LogP contribution in [0.4, 0.5) is 9.80 Å². The smallest absolute Gasteiger partial charge is 0.319 e. The molecule has 0 atom stereocenters. The van der Waals surface area contributed by atoms with E-state index in [9.17, 15) is 13.2 Å². The molecule has 0 saturated carbocycles. The van der Waals surface area contributed by atoms with Crippen molar-refractivity contribution < 1.29 is 13.2 Å². The highest BCUT2D eigenvalue weighted by atomic mass is 32.2. The number of amides is 2. The molecule has 1 aliphatic rings. The molecule has 25 heavy (non-hydrogen) atoms. The number of sulfonamides is 1. The third-order valence-electron chi connectivity index (χ3n) is 4.15. The molecule has 3 rings (SSSR count). The number of urea groups is 1. The lowest BCUT2D eigenvalue weighted by Gasteiger charge is -2.31. The number of aromatic nitrogens is 1. The van der Waals surface area contributed by atoms with E-state index in [2.05, 4.69) is 15.6 Å². The molecule has 0 aromatic carbocycles. The summed E-state index contributed by atoms with van der Waals surface area (Å²) in [4.78, 5) is 15.9. The lowest BCUT2D eigenvalue weighted by atomic mass is 9.98. The summed E-state index contributed by atoms with van der Waals surface area (Å²) in [6.45, 7) is 1.45. The second-order valence-corrected chi connectivity index (χ2v) is 8.73. The van der Waals surface area contributed by atoms with Crippen LogP contribution in [-0.4, -0.2) is 43.4 Å². The molecule has 3 heterocycles. The molecule has 2 amide bonds. The molecule has 2 aromatic heterocycles. The quantitative estimate of drug-likeness (QED) is 0.833. The van der Waals surface area contributed by atoms with Gasteiger partial charge in [-0.15, -0.1) is 11.3 Å². The largest absolute Gasteiger partial charge is 0.338 e. The maximum Gasteiger partial charge on any atom is 0.319 e. The van der Waals surface area contributed by atoms with Crippen LogP contribution in [0.15, 0.2) is 46.9 Å². The summed E-state index contributed by atoms with van der Waals surface area (Å²) in [6.07, 6.45) is 4.37. The van der Waals surface area contributed by atoms with Crippen molar-refractivity contribution in [1.82, 2.24) is 14.6 Å². The van der Waals surface area contributed by atoms with Gasteiger partial charge in [0.15, 0.2) is 0 Å². The first-order valence-corrected chi connectivity index (χ1v) is 10.4. The van der Waals surface area contributed by atoms with Gasteiger partial charge in [-0.2, -0.15) is 4.31 Å². The summed E-state index contributed by atoms with van der Waals surface area (Å²) >= 11 is 1.46. The molecule has 2 N–H and O–H groups in total. The lowest BCUT2D eigenvalue weighted by Crippen LogP contribution is -2.42. The summed E-state index contributed by atoms with van der Waals surface area (Å²) in [5, 5.41) is 8.32. The van der Waals surface area contributed by atoms with Crippen LogP contribution < -0.4 is 10.6 Å². The predicted molar refractivity (Wildman–Crippen MR) is 97.1 cm³/mol. The van der Waals surface area contributed by atoms with Gasteiger partial charge < -0.3 is 5.32 Å². The minimum atomic E-state index is -3.48. The highest BCUT2D eigenvalue weighted by Gasteiger charge is 2.29. The topological polar surface area (TPSA) is 91.4 Å². The van der Waals surface area contributed by atoms with Crippen LogP contribution in [0, 0.1) is 5.92 Å². The Bertz CT molecular complexity index is 786. The van der Waals surface area contributed by atoms with Crippen molar-refractivity contribution in [3.05, 3.63) is 42.0 Å². The molecule has 1 aliphatic heterocycles. The van der Waals surface area contributed by atoms with Crippen molar-refractivity contribution in [3.63, 3.8) is 0 Å². The Hall–Kier alpha value is -1.97. The Labute approximate surface area is 151 Å². The average Bonchev–Trinajstić information content (AvgIpc) is 3.14. The molecule has 7 nitrogen and oxygen atoms in total. The zero-order valence-electron chi connectivity index (χ0n) is 13.6. The number of carbonyl (C=O) groups excluding carboxylic acids is 1. The molecule has 0 unspecified atom stereocenters. The minimum absolute atomic E-state index is 0.224. The van der Waals surface area contributed by atoms with E-state index in [1.54, 1.807) is 18.3 Å². The first kappa shape index (κ1) is 17.8. The van der Waals surface area contributed by atoms with Gasteiger partial charge in [0.2, 0.25) is 10.0 Å². The summed E-state index contributed by atoms with van der Waals surface area (Å²) in [6, 6.07) is 6.67. The number of nitrogens with zero attached hydrogens (tertiary/aromatic N) is 2. The fourth-order valence-electron chi connectivity index (χ4n) is 2.75. The number of hydrogen-bond acceptors (Lipinski definition) is 5. The third-order valence-corrected chi connectivity index (χ3v) is 6.82. The van der Waals surface area contributed by atoms with Crippen LogP contribution in [0.2, 0.25) is 0 Å². The van der Waals surface area contributed by atoms with Crippen LogP contribution in [0.3, 0.4) is 0 Å². The number of piperidine rings is 1. The predicted octanol–water partition coefficient (Wildman–Crippen LogP) is 2.37. The standard InChI is InChI=1S/C16H20N4O3S2/c21-16(19-15-4-2-10-24-15)18-11-13-5-8-20(9-6-13)25(22,23)14-3-1-7-17-12-14/h1-4,7,10,12-13H,5-6,8-9,11H2,(H2,18,19,21). The summed E-state index contributed by atoms with van der Waals surface area (Å²) in [5.41, 5.74) is 0. The van der Waals surface area contributed by atoms with E-state index in [1.165, 1.54) is 21.8 Å². The number of hydrogen-bond donors (Lipinski definition) is 2. The van der Waals surface area contributed by atoms with Crippen LogP contribution in [0.25, 0.3) is 0 Å². The Morgan fingerprint density at radius 1 is 1.28 bits per heavy atom. The monoisotopic (exact) mass is 380 g/mol. The molecular weight excluding hydrogens is 360 g/mol. The lowest BCUT2D eigenvalue weighted by molar-refractivity contribution is 0.240. The van der Waals surface area contributed by atoms with E-state index >= 15 is 0 Å². The number of carbonyl (C=O) groups is 1. The fraction of sp³-hybridized carbons (Fsp3) is 0.375. The number of nitrogens with one attached hydrogen (secondary N) is 2. The molecular formula is C16H20N4O3S2. The molecule has 0 bridgehead atoms. The highest BCUT2D eigenvalue weighted by Crippen LogP contribution is 2.23. The van der Waals surface area contributed by atoms with Gasteiger partial charge in [-0.05, 0) is 48.4 Å². The second-order valence-electron chi connectivity index (χ2n) is 5.85. The van der Waals surface area contributed by atoms with Gasteiger partial charge in [0, 0.05) is 32.0 Å². The van der Waals surface area contributed by atoms with Crippen molar-refractivity contribution in [3.8, 4) is 0 Å². The van der Waals surface area contributed by atoms with E-state index < -0.39 is 10.0 Å². The van der Waals surface area contributed by atoms with Crippen molar-refractivity contribution in [2.24, 2.45) is 5.92 Å². The van der Waals surface area contributed by atoms with E-state index in [0.717, 1.165) is 17.8 Å². The first-order chi connectivity index (χ1) is 12.1. The van der Waals surface area contributed by atoms with Crippen molar-refractivity contribution in [2.45, 2.75) is 17.7 Å². The van der Waals surface area contributed by atoms with Crippen LogP contribution in [-0.2, 0) is 10.0 Å². The number of thiophene rings is 1. The Morgan fingerprint density at radius 2 is 2.08 bits per heavy atom. The Morgan fingerprint density at radius 3 is 2.72 bits per heavy atom. The molecule has 1 saturated heterocycles. The van der Waals surface area contributed by atoms with Crippen LogP contribution in [0.1, 0.15) is 12.8 Å². The van der Waals surface area contributed by atoms with Crippen LogP contribution >= 0.6 is 11.3 Å². The first-order valence-electron chi connectivity index (χ1n) is 8.04. The van der Waals surface area contributed by atoms with Gasteiger partial charge in [0.25, 0.3) is 0 Å². The van der Waals surface area contributed by atoms with Gasteiger partial charge in [-0.3, -0.25) is 10.3 Å². The van der Waals surface area contributed by atoms with Crippen LogP contribution in [0.5, 0.6) is 0 Å². The average molecular weight is 380 g/mol. The van der Waals surface area contributed by atoms with Gasteiger partial charge in [0.1, 0.15) is 4.90 Å². The van der Waals surface area contributed by atoms with Crippen molar-refractivity contribution in [2.75, 3.05) is 25.0 Å². The minimum Gasteiger partial charge on any atom is -0.338 e. The Kier molecular flexibility index (Phi) is 5.67. The molecule has 0 aliphatic carbocycles. The maximum absolute atomic E-state index is 12.5. The van der Waals surface area contributed by atoms with E-state index in [4.69, 9.17) is 0 Å². The maximum atomic E-state index is 12.5. The second kappa shape index (κ2) is 7.94. The number of rotatable bonds is 5. The van der Waals surface area contributed by atoms with Gasteiger partial charge >= 0.3 is 6.03 Å². The summed E-state index contributed by atoms with van der Waals surface area (Å²) < 4.78 is 26.6. The van der Waals surface area contributed by atoms with Gasteiger partial charge in [0.05, 0.1) is 5.00 Å². The molecule has 1 fully saturated rings. The fourth-order valence-corrected chi connectivity index (χ4v) is 4.79. The molecule has 0 radical (unpaired) electrons. The van der Waals surface area contributed by atoms with Gasteiger partial charge in [-0.25, -0.2) is 13.2 Å². The molecule has 9 heteroatoms. The zero-order chi connectivity index (χ0) is 17.7. The highest BCUT2D eigenvalue weighted by molar-refractivity contribution is 7.89. The van der Waals surface area contributed by atoms with E-state index in [-0.39, 0.29) is 16.8 Å². The van der Waals surface area contributed by atoms with E-state index in [0.29, 0.717) is 19.6 Å². The SMILES string of the molecule is O=C(NCC1CCN(S(=O)(=O)c2cccnc2)CC1)Nc1cccs1. The number of pyridine rings is 1.